The van der Waals surface area contributed by atoms with E-state index < -0.39 is 0 Å². The van der Waals surface area contributed by atoms with E-state index in [2.05, 4.69) is 15.0 Å². The minimum Gasteiger partial charge on any atom is -0.345 e. The van der Waals surface area contributed by atoms with Crippen LogP contribution in [-0.2, 0) is 0 Å². The minimum absolute atomic E-state index is 0. The summed E-state index contributed by atoms with van der Waals surface area (Å²) in [6, 6.07) is 13.7. The first-order chi connectivity index (χ1) is 7.47. The molecular formula is C12H14N4. The summed E-state index contributed by atoms with van der Waals surface area (Å²) < 4.78 is 0. The van der Waals surface area contributed by atoms with Gasteiger partial charge in [-0.25, -0.2) is 4.98 Å². The molecule has 82 valence electrons. The number of H-pyrrole nitrogens is 1. The van der Waals surface area contributed by atoms with Crippen LogP contribution in [0.25, 0.3) is 11.0 Å². The summed E-state index contributed by atoms with van der Waals surface area (Å²) >= 11 is 0. The van der Waals surface area contributed by atoms with Gasteiger partial charge in [0.25, 0.3) is 0 Å². The van der Waals surface area contributed by atoms with Crippen molar-refractivity contribution >= 4 is 11.0 Å². The lowest BCUT2D eigenvalue weighted by Crippen LogP contribution is -1.63. The van der Waals surface area contributed by atoms with Gasteiger partial charge < -0.3 is 11.1 Å². The van der Waals surface area contributed by atoms with Gasteiger partial charge in [0.15, 0.2) is 0 Å². The van der Waals surface area contributed by atoms with Gasteiger partial charge in [0, 0.05) is 12.4 Å². The van der Waals surface area contributed by atoms with Crippen molar-refractivity contribution in [1.82, 2.24) is 21.1 Å². The Labute approximate surface area is 94.0 Å². The molecule has 0 spiro atoms. The van der Waals surface area contributed by atoms with Crippen LogP contribution in [0.5, 0.6) is 0 Å². The molecule has 1 aromatic carbocycles. The molecule has 4 nitrogen and oxygen atoms in total. The Balaban J connectivity index is 0.000000162. The molecule has 4 N–H and O–H groups in total. The Morgan fingerprint density at radius 1 is 0.875 bits per heavy atom. The van der Waals surface area contributed by atoms with Gasteiger partial charge >= 0.3 is 0 Å². The molecule has 0 amide bonds. The second kappa shape index (κ2) is 6.31. The number of fused-ring (bicyclic) bond motifs is 1. The maximum Gasteiger partial charge on any atom is 0.0931 e. The third kappa shape index (κ3) is 3.18. The monoisotopic (exact) mass is 214 g/mol. The molecule has 0 fully saturated rings. The maximum atomic E-state index is 4.06. The van der Waals surface area contributed by atoms with Crippen molar-refractivity contribution in [3.63, 3.8) is 0 Å². The van der Waals surface area contributed by atoms with Crippen LogP contribution in [0, 0.1) is 0 Å². The normalized spacial score (nSPS) is 8.75. The molecule has 0 unspecified atom stereocenters. The number of nitrogens with zero attached hydrogens (tertiary/aromatic N) is 2. The highest BCUT2D eigenvalue weighted by Gasteiger charge is 1.88. The number of nitrogens with one attached hydrogen (secondary N) is 1. The molecule has 0 saturated heterocycles. The number of aromatic nitrogens is 3. The average Bonchev–Trinajstić information content (AvgIpc) is 2.80. The highest BCUT2D eigenvalue weighted by atomic mass is 14.9. The van der Waals surface area contributed by atoms with Gasteiger partial charge in [0.1, 0.15) is 0 Å². The van der Waals surface area contributed by atoms with E-state index >= 15 is 0 Å². The fraction of sp³-hybridized carbons (Fsp3) is 0. The van der Waals surface area contributed by atoms with Crippen molar-refractivity contribution in [3.05, 3.63) is 61.2 Å². The summed E-state index contributed by atoms with van der Waals surface area (Å²) in [6.45, 7) is 0. The Kier molecular flexibility index (Phi) is 4.69. The molecule has 0 aliphatic carbocycles. The highest BCUT2D eigenvalue weighted by Crippen LogP contribution is 2.05. The molecule has 0 saturated carbocycles. The molecule has 0 radical (unpaired) electrons. The largest absolute Gasteiger partial charge is 0.345 e. The lowest BCUT2D eigenvalue weighted by atomic mass is 10.3. The number of benzene rings is 1. The Morgan fingerprint density at radius 2 is 1.62 bits per heavy atom. The highest BCUT2D eigenvalue weighted by molar-refractivity contribution is 5.73. The van der Waals surface area contributed by atoms with Crippen molar-refractivity contribution in [3.8, 4) is 0 Å². The van der Waals surface area contributed by atoms with E-state index in [1.165, 1.54) is 0 Å². The van der Waals surface area contributed by atoms with Crippen molar-refractivity contribution in [2.24, 2.45) is 0 Å². The summed E-state index contributed by atoms with van der Waals surface area (Å²) in [6.07, 6.45) is 5.20. The number of aromatic amines is 1. The van der Waals surface area contributed by atoms with Gasteiger partial charge in [-0.15, -0.1) is 0 Å². The van der Waals surface area contributed by atoms with Gasteiger partial charge in [0.2, 0.25) is 0 Å². The van der Waals surface area contributed by atoms with Crippen LogP contribution < -0.4 is 6.15 Å². The summed E-state index contributed by atoms with van der Waals surface area (Å²) in [5.41, 5.74) is 2.12. The lowest BCUT2D eigenvalue weighted by molar-refractivity contribution is 1.33. The predicted octanol–water partition coefficient (Wildman–Crippen LogP) is 2.81. The number of para-hydroxylation sites is 2. The predicted molar refractivity (Wildman–Crippen MR) is 65.4 cm³/mol. The van der Waals surface area contributed by atoms with Gasteiger partial charge in [-0.05, 0) is 24.3 Å². The zero-order chi connectivity index (χ0) is 10.3. The van der Waals surface area contributed by atoms with Crippen molar-refractivity contribution in [2.45, 2.75) is 0 Å². The van der Waals surface area contributed by atoms with Crippen LogP contribution in [0.15, 0.2) is 61.2 Å². The van der Waals surface area contributed by atoms with Gasteiger partial charge in [-0.1, -0.05) is 18.2 Å². The molecular weight excluding hydrogens is 200 g/mol. The Morgan fingerprint density at radius 3 is 2.19 bits per heavy atom. The summed E-state index contributed by atoms with van der Waals surface area (Å²) in [7, 11) is 0. The second-order valence-corrected chi connectivity index (χ2v) is 2.94. The zero-order valence-corrected chi connectivity index (χ0v) is 8.88. The molecule has 0 aliphatic heterocycles. The first kappa shape index (κ1) is 11.9. The van der Waals surface area contributed by atoms with Crippen LogP contribution in [0.4, 0.5) is 0 Å². The van der Waals surface area contributed by atoms with E-state index in [4.69, 9.17) is 0 Å². The zero-order valence-electron chi connectivity index (χ0n) is 8.88. The van der Waals surface area contributed by atoms with Gasteiger partial charge in [-0.2, -0.15) is 0 Å². The van der Waals surface area contributed by atoms with E-state index in [0.717, 1.165) is 11.0 Å². The maximum absolute atomic E-state index is 4.06. The molecule has 4 heteroatoms. The average molecular weight is 214 g/mol. The number of imidazole rings is 1. The molecule has 3 rings (SSSR count). The third-order valence-corrected chi connectivity index (χ3v) is 1.89. The van der Waals surface area contributed by atoms with Crippen LogP contribution in [0.1, 0.15) is 0 Å². The molecule has 2 aromatic heterocycles. The van der Waals surface area contributed by atoms with E-state index in [1.807, 2.05) is 42.5 Å². The Bertz CT molecular complexity index is 447. The number of hydrogen-bond donors (Lipinski definition) is 2. The fourth-order valence-electron chi connectivity index (χ4n) is 1.19. The number of pyridine rings is 1. The molecule has 2 heterocycles. The summed E-state index contributed by atoms with van der Waals surface area (Å²) in [4.78, 5) is 10.9. The Hall–Kier alpha value is -2.20. The topological polar surface area (TPSA) is 76.6 Å². The van der Waals surface area contributed by atoms with Crippen LogP contribution in [0.3, 0.4) is 0 Å². The summed E-state index contributed by atoms with van der Waals surface area (Å²) in [5, 5.41) is 0. The fourth-order valence-corrected chi connectivity index (χ4v) is 1.19. The van der Waals surface area contributed by atoms with Crippen LogP contribution >= 0.6 is 0 Å². The minimum atomic E-state index is 0. The molecule has 0 aliphatic rings. The van der Waals surface area contributed by atoms with E-state index in [0.29, 0.717) is 0 Å². The van der Waals surface area contributed by atoms with E-state index in [9.17, 15) is 0 Å². The molecule has 3 aromatic rings. The van der Waals surface area contributed by atoms with Gasteiger partial charge in [0.05, 0.1) is 17.4 Å². The van der Waals surface area contributed by atoms with Gasteiger partial charge in [-0.3, -0.25) is 4.98 Å². The second-order valence-electron chi connectivity index (χ2n) is 2.94. The molecule has 16 heavy (non-hydrogen) atoms. The SMILES string of the molecule is N.c1ccc2[nH]cnc2c1.c1ccncc1. The number of rotatable bonds is 0. The van der Waals surface area contributed by atoms with E-state index in [-0.39, 0.29) is 6.15 Å². The quantitative estimate of drug-likeness (QED) is 0.604. The molecule has 0 bridgehead atoms. The van der Waals surface area contributed by atoms with E-state index in [1.54, 1.807) is 18.7 Å². The lowest BCUT2D eigenvalue weighted by Gasteiger charge is -1.81. The third-order valence-electron chi connectivity index (χ3n) is 1.89. The summed E-state index contributed by atoms with van der Waals surface area (Å²) in [5.74, 6) is 0. The van der Waals surface area contributed by atoms with Crippen molar-refractivity contribution < 1.29 is 0 Å². The molecule has 0 atom stereocenters. The first-order valence-corrected chi connectivity index (χ1v) is 4.70. The van der Waals surface area contributed by atoms with Crippen LogP contribution in [0.2, 0.25) is 0 Å². The number of hydrogen-bond acceptors (Lipinski definition) is 3. The first-order valence-electron chi connectivity index (χ1n) is 4.70. The van der Waals surface area contributed by atoms with Crippen LogP contribution in [-0.4, -0.2) is 15.0 Å². The van der Waals surface area contributed by atoms with Crippen molar-refractivity contribution in [2.75, 3.05) is 0 Å². The van der Waals surface area contributed by atoms with Crippen molar-refractivity contribution in [1.29, 1.82) is 0 Å². The smallest absolute Gasteiger partial charge is 0.0931 e. The standard InChI is InChI=1S/C7H6N2.C5H5N.H3N/c1-2-4-7-6(3-1)8-5-9-7;1-2-4-6-5-3-1;/h1-5H,(H,8,9);1-5H;1H3.